The van der Waals surface area contributed by atoms with Crippen molar-refractivity contribution in [3.05, 3.63) is 187 Å². The van der Waals surface area contributed by atoms with Crippen LogP contribution in [0.4, 0.5) is 0 Å². The molecule has 0 amide bonds. The van der Waals surface area contributed by atoms with Crippen molar-refractivity contribution in [2.45, 2.75) is 12.0 Å². The molecule has 3 heterocycles. The van der Waals surface area contributed by atoms with Gasteiger partial charge in [-0.15, -0.1) is 11.3 Å². The lowest BCUT2D eigenvalue weighted by Gasteiger charge is -2.22. The maximum Gasteiger partial charge on any atom is 0.164 e. The minimum absolute atomic E-state index is 0.0712. The third-order valence-electron chi connectivity index (χ3n) is 11.5. The molecule has 4 nitrogen and oxygen atoms in total. The number of allylic oxidation sites excluding steroid dienone is 2. The first-order valence-electron chi connectivity index (χ1n) is 19.0. The predicted molar refractivity (Wildman–Crippen MR) is 232 cm³/mol. The molecule has 8 aromatic carbocycles. The number of ether oxygens (including phenoxy) is 1. The number of aromatic nitrogens is 3. The lowest BCUT2D eigenvalue weighted by molar-refractivity contribution is 0.271. The molecule has 2 aromatic heterocycles. The molecule has 0 radical (unpaired) electrons. The molecule has 10 aromatic rings. The van der Waals surface area contributed by atoms with Crippen LogP contribution in [0.1, 0.15) is 17.3 Å². The average Bonchev–Trinajstić information content (AvgIpc) is 3.84. The van der Waals surface area contributed by atoms with Gasteiger partial charge in [0.2, 0.25) is 0 Å². The van der Waals surface area contributed by atoms with E-state index in [2.05, 4.69) is 158 Å². The minimum atomic E-state index is -0.177. The second-order valence-corrected chi connectivity index (χ2v) is 15.7. The maximum absolute atomic E-state index is 6.81. The van der Waals surface area contributed by atoms with E-state index >= 15 is 0 Å². The normalized spacial score (nSPS) is 16.0. The number of benzene rings is 8. The molecule has 1 aliphatic heterocycles. The quantitative estimate of drug-likeness (QED) is 0.169. The molecule has 0 fully saturated rings. The van der Waals surface area contributed by atoms with Crippen LogP contribution in [0.25, 0.3) is 92.0 Å². The van der Waals surface area contributed by atoms with Gasteiger partial charge in [-0.25, -0.2) is 15.0 Å². The zero-order valence-corrected chi connectivity index (χ0v) is 30.9. The lowest BCUT2D eigenvalue weighted by Crippen LogP contribution is -2.20. The van der Waals surface area contributed by atoms with Gasteiger partial charge in [0.15, 0.2) is 17.5 Å². The minimum Gasteiger partial charge on any atom is -0.485 e. The number of fused-ring (bicyclic) bond motifs is 11. The van der Waals surface area contributed by atoms with E-state index in [4.69, 9.17) is 19.7 Å². The van der Waals surface area contributed by atoms with E-state index < -0.39 is 0 Å². The van der Waals surface area contributed by atoms with Crippen LogP contribution >= 0.6 is 11.3 Å². The predicted octanol–water partition coefficient (Wildman–Crippen LogP) is 13.2. The van der Waals surface area contributed by atoms with Crippen molar-refractivity contribution in [2.24, 2.45) is 0 Å². The molecule has 0 spiro atoms. The zero-order valence-electron chi connectivity index (χ0n) is 30.1. The first-order valence-corrected chi connectivity index (χ1v) is 19.8. The van der Waals surface area contributed by atoms with Gasteiger partial charge in [-0.3, -0.25) is 0 Å². The maximum atomic E-state index is 6.81. The lowest BCUT2D eigenvalue weighted by atomic mass is 9.83. The Morgan fingerprint density at radius 1 is 0.482 bits per heavy atom. The Morgan fingerprint density at radius 3 is 2.02 bits per heavy atom. The van der Waals surface area contributed by atoms with Crippen molar-refractivity contribution in [1.29, 1.82) is 0 Å². The summed E-state index contributed by atoms with van der Waals surface area (Å²) < 4.78 is 9.41. The van der Waals surface area contributed by atoms with Crippen molar-refractivity contribution in [1.82, 2.24) is 15.0 Å². The van der Waals surface area contributed by atoms with E-state index in [1.807, 2.05) is 29.5 Å². The van der Waals surface area contributed by atoms with Gasteiger partial charge >= 0.3 is 0 Å². The van der Waals surface area contributed by atoms with E-state index in [1.54, 1.807) is 0 Å². The van der Waals surface area contributed by atoms with Crippen molar-refractivity contribution < 1.29 is 4.74 Å². The molecule has 0 bridgehead atoms. The fourth-order valence-electron chi connectivity index (χ4n) is 8.94. The third-order valence-corrected chi connectivity index (χ3v) is 12.6. The molecule has 0 saturated heterocycles. The topological polar surface area (TPSA) is 47.9 Å². The SMILES string of the molecule is C1=CC2Oc3cc(-c4cc5sc6ccccc6c5c5ccccc45)ccc3C2C(c2nc(-c3ccccc3)nc(-c3cc4ccccc4c4ccccc34)n2)=C1. The highest BCUT2D eigenvalue weighted by Crippen LogP contribution is 2.50. The summed E-state index contributed by atoms with van der Waals surface area (Å²) in [5.74, 6) is 2.78. The average molecular weight is 734 g/mol. The molecule has 1 aliphatic carbocycles. The van der Waals surface area contributed by atoms with Crippen molar-refractivity contribution in [2.75, 3.05) is 0 Å². The van der Waals surface area contributed by atoms with Gasteiger partial charge in [0.1, 0.15) is 11.9 Å². The number of thiophene rings is 1. The van der Waals surface area contributed by atoms with Gasteiger partial charge in [-0.2, -0.15) is 0 Å². The van der Waals surface area contributed by atoms with Crippen LogP contribution in [0.2, 0.25) is 0 Å². The summed E-state index contributed by atoms with van der Waals surface area (Å²) in [6.07, 6.45) is 6.22. The molecule has 2 aliphatic rings. The number of hydrogen-bond donors (Lipinski definition) is 0. The van der Waals surface area contributed by atoms with Gasteiger partial charge in [0, 0.05) is 42.4 Å². The Morgan fingerprint density at radius 2 is 1.16 bits per heavy atom. The van der Waals surface area contributed by atoms with Crippen LogP contribution in [-0.2, 0) is 0 Å². The van der Waals surface area contributed by atoms with E-state index in [1.165, 1.54) is 47.3 Å². The number of rotatable bonds is 4. The van der Waals surface area contributed by atoms with Crippen LogP contribution in [-0.4, -0.2) is 21.1 Å². The van der Waals surface area contributed by atoms with Gasteiger partial charge < -0.3 is 4.74 Å². The second kappa shape index (κ2) is 12.3. The first-order chi connectivity index (χ1) is 27.7. The molecule has 2 unspecified atom stereocenters. The zero-order chi connectivity index (χ0) is 36.7. The fourth-order valence-corrected chi connectivity index (χ4v) is 10.1. The first kappa shape index (κ1) is 31.4. The largest absolute Gasteiger partial charge is 0.485 e. The molecule has 5 heteroatoms. The van der Waals surface area contributed by atoms with Crippen LogP contribution in [0, 0.1) is 0 Å². The summed E-state index contributed by atoms with van der Waals surface area (Å²) >= 11 is 1.86. The Kier molecular flexibility index (Phi) is 6.89. The van der Waals surface area contributed by atoms with E-state index in [9.17, 15) is 0 Å². The number of nitrogens with zero attached hydrogens (tertiary/aromatic N) is 3. The molecular weight excluding hydrogens is 703 g/mol. The molecule has 56 heavy (non-hydrogen) atoms. The van der Waals surface area contributed by atoms with Gasteiger partial charge in [-0.05, 0) is 73.8 Å². The summed E-state index contributed by atoms with van der Waals surface area (Å²) in [5.41, 5.74) is 6.45. The number of hydrogen-bond acceptors (Lipinski definition) is 5. The molecule has 12 rings (SSSR count). The summed E-state index contributed by atoms with van der Waals surface area (Å²) in [4.78, 5) is 15.7. The Labute approximate surface area is 326 Å². The van der Waals surface area contributed by atoms with Crippen LogP contribution < -0.4 is 4.74 Å². The van der Waals surface area contributed by atoms with Crippen molar-refractivity contribution in [3.8, 4) is 39.7 Å². The second-order valence-electron chi connectivity index (χ2n) is 14.6. The van der Waals surface area contributed by atoms with E-state index in [0.717, 1.165) is 44.3 Å². The molecule has 0 saturated carbocycles. The van der Waals surface area contributed by atoms with E-state index in [-0.39, 0.29) is 12.0 Å². The highest BCUT2D eigenvalue weighted by molar-refractivity contribution is 7.26. The van der Waals surface area contributed by atoms with Gasteiger partial charge in [0.05, 0.1) is 5.92 Å². The Hall–Kier alpha value is -6.95. The summed E-state index contributed by atoms with van der Waals surface area (Å²) in [6.45, 7) is 0. The highest BCUT2D eigenvalue weighted by Gasteiger charge is 2.39. The van der Waals surface area contributed by atoms with Crippen molar-refractivity contribution >= 4 is 69.4 Å². The Bertz CT molecular complexity index is 3310. The van der Waals surface area contributed by atoms with Gasteiger partial charge in [-0.1, -0.05) is 146 Å². The summed E-state index contributed by atoms with van der Waals surface area (Å²) in [5, 5.41) is 9.82. The monoisotopic (exact) mass is 733 g/mol. The molecule has 262 valence electrons. The highest BCUT2D eigenvalue weighted by atomic mass is 32.1. The third kappa shape index (κ3) is 4.81. The molecule has 2 atom stereocenters. The van der Waals surface area contributed by atoms with E-state index in [0.29, 0.717) is 17.5 Å². The molecular formula is C51H31N3OS. The summed E-state index contributed by atoms with van der Waals surface area (Å²) in [7, 11) is 0. The van der Waals surface area contributed by atoms with Crippen LogP contribution in [0.15, 0.2) is 176 Å². The van der Waals surface area contributed by atoms with Crippen LogP contribution in [0.3, 0.4) is 0 Å². The fraction of sp³-hybridized carbons (Fsp3) is 0.0392. The smallest absolute Gasteiger partial charge is 0.164 e. The van der Waals surface area contributed by atoms with Crippen molar-refractivity contribution in [3.63, 3.8) is 0 Å². The van der Waals surface area contributed by atoms with Gasteiger partial charge in [0.25, 0.3) is 0 Å². The standard InChI is InChI=1S/C51H31N3OS/c1-2-13-30(14-3-1)49-52-50(54-51(53-49)42-27-31-15-4-5-16-33(31)34-17-6-7-18-35(34)42)40-22-12-23-43-47(40)38-26-25-32(28-44(38)55-43)41-29-46-48(37-20-9-8-19-36(37)41)39-21-10-11-24-45(39)56-46/h1-29,43,47H. The summed E-state index contributed by atoms with van der Waals surface area (Å²) in [6, 6.07) is 56.1. The molecule has 0 N–H and O–H groups in total. The van der Waals surface area contributed by atoms with Crippen LogP contribution in [0.5, 0.6) is 5.75 Å². The Balaban J connectivity index is 1.01.